The summed E-state index contributed by atoms with van der Waals surface area (Å²) < 4.78 is 33.2. The highest BCUT2D eigenvalue weighted by atomic mass is 19.2. The van der Waals surface area contributed by atoms with E-state index in [0.717, 1.165) is 31.1 Å². The first kappa shape index (κ1) is 14.2. The predicted molar refractivity (Wildman–Crippen MR) is 77.9 cm³/mol. The minimum Gasteiger partial charge on any atom is -0.372 e. The lowest BCUT2D eigenvalue weighted by Crippen LogP contribution is -2.16. The fourth-order valence-corrected chi connectivity index (χ4v) is 2.60. The van der Waals surface area contributed by atoms with Crippen LogP contribution in [0.5, 0.6) is 0 Å². The second-order valence-corrected chi connectivity index (χ2v) is 5.18. The molecule has 0 spiro atoms. The van der Waals surface area contributed by atoms with Crippen LogP contribution in [0.3, 0.4) is 0 Å². The molecule has 1 heterocycles. The number of hydrogen-bond donors (Lipinski definition) is 1. The Kier molecular flexibility index (Phi) is 4.27. The third-order valence-corrected chi connectivity index (χ3v) is 3.75. The molecule has 0 amide bonds. The number of nitrogens with one attached hydrogen (secondary N) is 1. The molecule has 1 N–H and O–H groups in total. The van der Waals surface area contributed by atoms with Crippen molar-refractivity contribution in [3.05, 3.63) is 59.7 Å². The Bertz CT molecular complexity index is 624. The van der Waals surface area contributed by atoms with Crippen molar-refractivity contribution < 1.29 is 13.5 Å². The van der Waals surface area contributed by atoms with Crippen LogP contribution in [-0.2, 0) is 11.3 Å². The van der Waals surface area contributed by atoms with Gasteiger partial charge in [0.25, 0.3) is 0 Å². The van der Waals surface area contributed by atoms with E-state index in [0.29, 0.717) is 12.2 Å². The average Bonchev–Trinajstić information content (AvgIpc) is 3.02. The summed E-state index contributed by atoms with van der Waals surface area (Å²) in [5, 5.41) is 3.24. The van der Waals surface area contributed by atoms with Gasteiger partial charge in [-0.2, -0.15) is 0 Å². The zero-order valence-corrected chi connectivity index (χ0v) is 11.6. The van der Waals surface area contributed by atoms with Gasteiger partial charge in [-0.3, -0.25) is 0 Å². The molecule has 0 bridgehead atoms. The van der Waals surface area contributed by atoms with Crippen LogP contribution in [0.4, 0.5) is 8.78 Å². The molecule has 110 valence electrons. The lowest BCUT2D eigenvalue weighted by Gasteiger charge is -2.14. The van der Waals surface area contributed by atoms with Crippen molar-refractivity contribution in [3.63, 3.8) is 0 Å². The zero-order chi connectivity index (χ0) is 14.7. The van der Waals surface area contributed by atoms with Crippen molar-refractivity contribution in [3.8, 4) is 11.1 Å². The van der Waals surface area contributed by atoms with Gasteiger partial charge < -0.3 is 10.1 Å². The van der Waals surface area contributed by atoms with Gasteiger partial charge in [-0.25, -0.2) is 8.78 Å². The molecule has 2 aromatic carbocycles. The third-order valence-electron chi connectivity index (χ3n) is 3.75. The van der Waals surface area contributed by atoms with Gasteiger partial charge >= 0.3 is 0 Å². The van der Waals surface area contributed by atoms with E-state index in [1.165, 1.54) is 6.07 Å². The van der Waals surface area contributed by atoms with Gasteiger partial charge in [-0.1, -0.05) is 36.4 Å². The maximum Gasteiger partial charge on any atom is 0.166 e. The van der Waals surface area contributed by atoms with Crippen LogP contribution in [0, 0.1) is 11.6 Å². The second-order valence-electron chi connectivity index (χ2n) is 5.18. The molecule has 1 saturated heterocycles. The summed E-state index contributed by atoms with van der Waals surface area (Å²) in [5.41, 5.74) is 1.83. The standard InChI is InChI=1S/C17H17F2NO/c18-16-7-3-6-15(17(16)19)14-5-2-1-4-12(14)11-21-13-8-9-20-10-13/h1-7,13,20H,8-11H2. The first-order chi connectivity index (χ1) is 10.3. The van der Waals surface area contributed by atoms with E-state index in [1.54, 1.807) is 12.1 Å². The van der Waals surface area contributed by atoms with Crippen molar-refractivity contribution in [2.75, 3.05) is 13.1 Å². The molecular formula is C17H17F2NO. The number of halogens is 2. The molecule has 0 saturated carbocycles. The van der Waals surface area contributed by atoms with E-state index < -0.39 is 11.6 Å². The Balaban J connectivity index is 1.86. The first-order valence-electron chi connectivity index (χ1n) is 7.10. The van der Waals surface area contributed by atoms with Gasteiger partial charge in [0.15, 0.2) is 11.6 Å². The molecule has 0 aliphatic carbocycles. The minimum atomic E-state index is -0.830. The van der Waals surface area contributed by atoms with Gasteiger partial charge in [0.05, 0.1) is 12.7 Å². The van der Waals surface area contributed by atoms with Gasteiger partial charge in [-0.15, -0.1) is 0 Å². The van der Waals surface area contributed by atoms with Crippen molar-refractivity contribution in [1.82, 2.24) is 5.32 Å². The zero-order valence-electron chi connectivity index (χ0n) is 11.6. The molecule has 21 heavy (non-hydrogen) atoms. The Labute approximate surface area is 122 Å². The fourth-order valence-electron chi connectivity index (χ4n) is 2.60. The molecular weight excluding hydrogens is 272 g/mol. The molecule has 1 atom stereocenters. The smallest absolute Gasteiger partial charge is 0.166 e. The third kappa shape index (κ3) is 3.12. The summed E-state index contributed by atoms with van der Waals surface area (Å²) in [5.74, 6) is -1.64. The number of hydrogen-bond acceptors (Lipinski definition) is 2. The van der Waals surface area contributed by atoms with Crippen molar-refractivity contribution in [1.29, 1.82) is 0 Å². The predicted octanol–water partition coefficient (Wildman–Crippen LogP) is 3.51. The number of rotatable bonds is 4. The average molecular weight is 289 g/mol. The second kappa shape index (κ2) is 6.33. The molecule has 0 radical (unpaired) electrons. The molecule has 4 heteroatoms. The number of ether oxygens (including phenoxy) is 1. The molecule has 2 nitrogen and oxygen atoms in total. The largest absolute Gasteiger partial charge is 0.372 e. The van der Waals surface area contributed by atoms with Gasteiger partial charge in [0.1, 0.15) is 0 Å². The molecule has 1 unspecified atom stereocenters. The lowest BCUT2D eigenvalue weighted by molar-refractivity contribution is 0.0545. The first-order valence-corrected chi connectivity index (χ1v) is 7.10. The lowest BCUT2D eigenvalue weighted by atomic mass is 9.99. The molecule has 1 aliphatic heterocycles. The quantitative estimate of drug-likeness (QED) is 0.930. The maximum atomic E-state index is 14.0. The summed E-state index contributed by atoms with van der Waals surface area (Å²) in [6, 6.07) is 11.6. The van der Waals surface area contributed by atoms with Crippen LogP contribution < -0.4 is 5.32 Å². The minimum absolute atomic E-state index is 0.190. The van der Waals surface area contributed by atoms with Gasteiger partial charge in [0, 0.05) is 12.1 Å². The Morgan fingerprint density at radius 1 is 1.05 bits per heavy atom. The number of benzene rings is 2. The monoisotopic (exact) mass is 289 g/mol. The fraction of sp³-hybridized carbons (Fsp3) is 0.294. The Morgan fingerprint density at radius 3 is 2.67 bits per heavy atom. The van der Waals surface area contributed by atoms with Crippen LogP contribution in [-0.4, -0.2) is 19.2 Å². The summed E-state index contributed by atoms with van der Waals surface area (Å²) in [6.45, 7) is 2.21. The molecule has 0 aromatic heterocycles. The summed E-state index contributed by atoms with van der Waals surface area (Å²) in [7, 11) is 0. The molecule has 1 aliphatic rings. The van der Waals surface area contributed by atoms with Crippen LogP contribution in [0.1, 0.15) is 12.0 Å². The summed E-state index contributed by atoms with van der Waals surface area (Å²) >= 11 is 0. The van der Waals surface area contributed by atoms with Crippen molar-refractivity contribution in [2.24, 2.45) is 0 Å². The molecule has 3 rings (SSSR count). The van der Waals surface area contributed by atoms with Gasteiger partial charge in [-0.05, 0) is 30.2 Å². The SMILES string of the molecule is Fc1cccc(-c2ccccc2COC2CCNC2)c1F. The van der Waals surface area contributed by atoms with Crippen LogP contribution in [0.2, 0.25) is 0 Å². The summed E-state index contributed by atoms with van der Waals surface area (Å²) in [6.07, 6.45) is 1.17. The molecule has 1 fully saturated rings. The van der Waals surface area contributed by atoms with Gasteiger partial charge in [0.2, 0.25) is 0 Å². The van der Waals surface area contributed by atoms with Crippen LogP contribution in [0.15, 0.2) is 42.5 Å². The van der Waals surface area contributed by atoms with E-state index in [4.69, 9.17) is 4.74 Å². The van der Waals surface area contributed by atoms with E-state index in [9.17, 15) is 8.78 Å². The topological polar surface area (TPSA) is 21.3 Å². The van der Waals surface area contributed by atoms with E-state index in [1.807, 2.05) is 18.2 Å². The van der Waals surface area contributed by atoms with E-state index in [-0.39, 0.29) is 11.7 Å². The summed E-state index contributed by atoms with van der Waals surface area (Å²) in [4.78, 5) is 0. The Morgan fingerprint density at radius 2 is 1.86 bits per heavy atom. The van der Waals surface area contributed by atoms with Crippen LogP contribution >= 0.6 is 0 Å². The van der Waals surface area contributed by atoms with Crippen molar-refractivity contribution >= 4 is 0 Å². The highest BCUT2D eigenvalue weighted by Gasteiger charge is 2.17. The highest BCUT2D eigenvalue weighted by molar-refractivity contribution is 5.67. The van der Waals surface area contributed by atoms with E-state index >= 15 is 0 Å². The Hall–Kier alpha value is -1.78. The normalized spacial score (nSPS) is 18.1. The molecule has 2 aromatic rings. The highest BCUT2D eigenvalue weighted by Crippen LogP contribution is 2.28. The van der Waals surface area contributed by atoms with Crippen LogP contribution in [0.25, 0.3) is 11.1 Å². The van der Waals surface area contributed by atoms with Crippen molar-refractivity contribution in [2.45, 2.75) is 19.1 Å². The maximum absolute atomic E-state index is 14.0. The van der Waals surface area contributed by atoms with E-state index in [2.05, 4.69) is 5.32 Å².